The lowest BCUT2D eigenvalue weighted by atomic mass is 9.92. The maximum absolute atomic E-state index is 4.66. The normalized spacial score (nSPS) is 21.9. The Labute approximate surface area is 103 Å². The van der Waals surface area contributed by atoms with Crippen LogP contribution >= 0.6 is 15.9 Å². The van der Waals surface area contributed by atoms with E-state index in [0.29, 0.717) is 5.92 Å². The molecule has 0 aromatic heterocycles. The summed E-state index contributed by atoms with van der Waals surface area (Å²) in [4.78, 5) is 4.66. The lowest BCUT2D eigenvalue weighted by Gasteiger charge is -2.14. The van der Waals surface area contributed by atoms with Crippen molar-refractivity contribution >= 4 is 21.5 Å². The fourth-order valence-corrected chi connectivity index (χ4v) is 2.52. The second-order valence-electron chi connectivity index (χ2n) is 4.42. The van der Waals surface area contributed by atoms with Gasteiger partial charge in [-0.05, 0) is 31.0 Å². The van der Waals surface area contributed by atoms with Gasteiger partial charge in [0.05, 0.1) is 11.1 Å². The number of allylic oxidation sites excluding steroid dienone is 3. The highest BCUT2D eigenvalue weighted by atomic mass is 79.9. The molecule has 0 saturated carbocycles. The smallest absolute Gasteiger partial charge is 0.0716 e. The first kappa shape index (κ1) is 10.0. The molecule has 1 atom stereocenters. The summed E-state index contributed by atoms with van der Waals surface area (Å²) < 4.78 is 1.11. The lowest BCUT2D eigenvalue weighted by Crippen LogP contribution is -2.22. The van der Waals surface area contributed by atoms with E-state index in [0.717, 1.165) is 15.5 Å². The van der Waals surface area contributed by atoms with Crippen molar-refractivity contribution in [1.29, 1.82) is 0 Å². The molecule has 1 unspecified atom stereocenters. The molecule has 1 nitrogen and oxygen atoms in total. The molecule has 1 heterocycles. The van der Waals surface area contributed by atoms with E-state index >= 15 is 0 Å². The van der Waals surface area contributed by atoms with Crippen molar-refractivity contribution in [2.24, 2.45) is 10.9 Å². The molecule has 1 aromatic carbocycles. The average molecular weight is 274 g/mol. The average Bonchev–Trinajstić information content (AvgIpc) is 2.57. The second-order valence-corrected chi connectivity index (χ2v) is 5.33. The van der Waals surface area contributed by atoms with Gasteiger partial charge in [0.1, 0.15) is 0 Å². The Morgan fingerprint density at radius 2 is 2.12 bits per heavy atom. The Morgan fingerprint density at radius 3 is 2.94 bits per heavy atom. The summed E-state index contributed by atoms with van der Waals surface area (Å²) in [6.07, 6.45) is 4.51. The second kappa shape index (κ2) is 3.42. The zero-order valence-corrected chi connectivity index (χ0v) is 10.9. The van der Waals surface area contributed by atoms with Crippen molar-refractivity contribution in [3.63, 3.8) is 0 Å². The van der Waals surface area contributed by atoms with Crippen molar-refractivity contribution in [2.75, 3.05) is 0 Å². The first-order chi connectivity index (χ1) is 7.65. The maximum atomic E-state index is 4.66. The molecular formula is C14H12BrN. The molecule has 0 fully saturated rings. The third-order valence-corrected chi connectivity index (χ3v) is 3.76. The molecule has 16 heavy (non-hydrogen) atoms. The van der Waals surface area contributed by atoms with Crippen LogP contribution in [0.2, 0.25) is 0 Å². The minimum atomic E-state index is 0.500. The quantitative estimate of drug-likeness (QED) is 0.689. The zero-order valence-electron chi connectivity index (χ0n) is 9.29. The summed E-state index contributed by atoms with van der Waals surface area (Å²) in [6.45, 7) is 4.39. The van der Waals surface area contributed by atoms with E-state index in [4.69, 9.17) is 0 Å². The predicted octanol–water partition coefficient (Wildman–Crippen LogP) is 2.71. The topological polar surface area (TPSA) is 12.4 Å². The Balaban J connectivity index is 2.38. The zero-order chi connectivity index (χ0) is 11.3. The molecule has 80 valence electrons. The fraction of sp³-hybridized carbons (Fsp3) is 0.214. The summed E-state index contributed by atoms with van der Waals surface area (Å²) in [6, 6.07) is 6.26. The van der Waals surface area contributed by atoms with Gasteiger partial charge >= 0.3 is 0 Å². The molecule has 1 aromatic rings. The molecule has 1 aliphatic heterocycles. The van der Waals surface area contributed by atoms with Gasteiger partial charge in [0.2, 0.25) is 0 Å². The third-order valence-electron chi connectivity index (χ3n) is 3.26. The van der Waals surface area contributed by atoms with Crippen molar-refractivity contribution < 1.29 is 0 Å². The first-order valence-corrected chi connectivity index (χ1v) is 6.23. The van der Waals surface area contributed by atoms with Gasteiger partial charge in [-0.3, -0.25) is 0 Å². The monoisotopic (exact) mass is 273 g/mol. The van der Waals surface area contributed by atoms with Gasteiger partial charge in [-0.2, -0.15) is 0 Å². The molecule has 3 rings (SSSR count). The Hall–Kier alpha value is -1.15. The van der Waals surface area contributed by atoms with Crippen LogP contribution < -0.4 is 10.6 Å². The van der Waals surface area contributed by atoms with Crippen LogP contribution in [0.25, 0.3) is 5.57 Å². The van der Waals surface area contributed by atoms with Gasteiger partial charge in [-0.25, -0.2) is 4.99 Å². The summed E-state index contributed by atoms with van der Waals surface area (Å²) in [5.74, 6) is 0.500. The fourth-order valence-electron chi connectivity index (χ4n) is 2.16. The summed E-state index contributed by atoms with van der Waals surface area (Å²) in [5, 5.41) is 2.33. The highest BCUT2D eigenvalue weighted by molar-refractivity contribution is 9.10. The van der Waals surface area contributed by atoms with Crippen LogP contribution in [0.15, 0.2) is 51.1 Å². The van der Waals surface area contributed by atoms with Crippen molar-refractivity contribution in [3.05, 3.63) is 56.7 Å². The van der Waals surface area contributed by atoms with Crippen molar-refractivity contribution in [3.8, 4) is 0 Å². The molecule has 0 N–H and O–H groups in total. The first-order valence-electron chi connectivity index (χ1n) is 5.44. The maximum Gasteiger partial charge on any atom is 0.0716 e. The van der Waals surface area contributed by atoms with Gasteiger partial charge in [0, 0.05) is 15.3 Å². The Morgan fingerprint density at radius 1 is 1.31 bits per heavy atom. The minimum Gasteiger partial charge on any atom is -0.248 e. The molecule has 0 radical (unpaired) electrons. The van der Waals surface area contributed by atoms with Gasteiger partial charge < -0.3 is 0 Å². The minimum absolute atomic E-state index is 0.500. The molecule has 2 heteroatoms. The van der Waals surface area contributed by atoms with Crippen molar-refractivity contribution in [2.45, 2.75) is 13.8 Å². The summed E-state index contributed by atoms with van der Waals surface area (Å²) >= 11 is 3.51. The van der Waals surface area contributed by atoms with Gasteiger partial charge in [-0.1, -0.05) is 40.6 Å². The van der Waals surface area contributed by atoms with Crippen LogP contribution in [-0.4, -0.2) is 0 Å². The molecule has 2 aliphatic rings. The Bertz CT molecular complexity index is 650. The molecule has 0 amide bonds. The van der Waals surface area contributed by atoms with E-state index in [1.807, 2.05) is 6.07 Å². The SMILES string of the molecule is CC1=CC2=c3cc(Br)ccc3=NC2=CC1C. The number of hydrogen-bond donors (Lipinski definition) is 0. The highest BCUT2D eigenvalue weighted by Gasteiger charge is 2.17. The van der Waals surface area contributed by atoms with Crippen LogP contribution in [0.3, 0.4) is 0 Å². The van der Waals surface area contributed by atoms with E-state index in [-0.39, 0.29) is 0 Å². The standard InChI is InChI=1S/C14H12BrN/c1-8-5-11-12-7-10(15)3-4-13(12)16-14(11)6-9(8)2/h3-7,9H,1-2H3. The number of benzene rings is 1. The predicted molar refractivity (Wildman–Crippen MR) is 69.3 cm³/mol. The van der Waals surface area contributed by atoms with E-state index in [9.17, 15) is 0 Å². The molecule has 0 spiro atoms. The number of hydrogen-bond acceptors (Lipinski definition) is 1. The van der Waals surface area contributed by atoms with Crippen LogP contribution in [0, 0.1) is 5.92 Å². The van der Waals surface area contributed by atoms with Crippen molar-refractivity contribution in [1.82, 2.24) is 0 Å². The molecular weight excluding hydrogens is 262 g/mol. The highest BCUT2D eigenvalue weighted by Crippen LogP contribution is 2.28. The number of halogens is 1. The van der Waals surface area contributed by atoms with E-state index in [1.54, 1.807) is 0 Å². The van der Waals surface area contributed by atoms with Crippen LogP contribution in [-0.2, 0) is 0 Å². The number of nitrogens with zero attached hydrogens (tertiary/aromatic N) is 1. The van der Waals surface area contributed by atoms with Crippen LogP contribution in [0.4, 0.5) is 0 Å². The third kappa shape index (κ3) is 1.40. The van der Waals surface area contributed by atoms with Crippen LogP contribution in [0.5, 0.6) is 0 Å². The number of rotatable bonds is 0. The summed E-state index contributed by atoms with van der Waals surface area (Å²) in [5.41, 5.74) is 3.81. The molecule has 0 saturated heterocycles. The molecule has 0 bridgehead atoms. The largest absolute Gasteiger partial charge is 0.248 e. The van der Waals surface area contributed by atoms with E-state index < -0.39 is 0 Å². The van der Waals surface area contributed by atoms with Gasteiger partial charge in [-0.15, -0.1) is 0 Å². The van der Waals surface area contributed by atoms with E-state index in [1.165, 1.54) is 16.4 Å². The van der Waals surface area contributed by atoms with Crippen LogP contribution in [0.1, 0.15) is 13.8 Å². The van der Waals surface area contributed by atoms with E-state index in [2.05, 4.69) is 59.1 Å². The van der Waals surface area contributed by atoms with Gasteiger partial charge in [0.15, 0.2) is 0 Å². The van der Waals surface area contributed by atoms with Gasteiger partial charge in [0.25, 0.3) is 0 Å². The molecule has 1 aliphatic carbocycles. The Kier molecular flexibility index (Phi) is 2.15. The lowest BCUT2D eigenvalue weighted by molar-refractivity contribution is 0.846. The summed E-state index contributed by atoms with van der Waals surface area (Å²) in [7, 11) is 0. The number of fused-ring (bicyclic) bond motifs is 2.